The first-order valence-electron chi connectivity index (χ1n) is 6.85. The molecule has 0 aliphatic heterocycles. The maximum atomic E-state index is 11.8. The van der Waals surface area contributed by atoms with E-state index in [-0.39, 0.29) is 11.7 Å². The maximum Gasteiger partial charge on any atom is 0.220 e. The molecule has 0 aliphatic carbocycles. The SMILES string of the molecule is COc1cc(CCC(=O)NCc2ccccc2)ccc1O. The van der Waals surface area contributed by atoms with Gasteiger partial charge in [0.2, 0.25) is 5.91 Å². The second-order valence-corrected chi connectivity index (χ2v) is 4.77. The minimum absolute atomic E-state index is 0.00546. The van der Waals surface area contributed by atoms with E-state index in [9.17, 15) is 9.90 Å². The number of hydrogen-bond donors (Lipinski definition) is 2. The minimum atomic E-state index is 0.00546. The van der Waals surface area contributed by atoms with Crippen LogP contribution in [0.15, 0.2) is 48.5 Å². The highest BCUT2D eigenvalue weighted by Gasteiger charge is 2.06. The fourth-order valence-corrected chi connectivity index (χ4v) is 2.02. The first-order valence-corrected chi connectivity index (χ1v) is 6.85. The Kier molecular flexibility index (Phi) is 5.21. The van der Waals surface area contributed by atoms with Gasteiger partial charge < -0.3 is 15.2 Å². The van der Waals surface area contributed by atoms with E-state index in [0.29, 0.717) is 25.1 Å². The van der Waals surface area contributed by atoms with Gasteiger partial charge in [0.25, 0.3) is 0 Å². The first kappa shape index (κ1) is 14.9. The van der Waals surface area contributed by atoms with E-state index in [2.05, 4.69) is 5.32 Å². The van der Waals surface area contributed by atoms with Crippen molar-refractivity contribution in [3.8, 4) is 11.5 Å². The van der Waals surface area contributed by atoms with Crippen molar-refractivity contribution in [3.63, 3.8) is 0 Å². The summed E-state index contributed by atoms with van der Waals surface area (Å²) in [6.45, 7) is 0.540. The fourth-order valence-electron chi connectivity index (χ4n) is 2.02. The molecule has 0 spiro atoms. The molecule has 110 valence electrons. The molecule has 4 nitrogen and oxygen atoms in total. The number of amides is 1. The van der Waals surface area contributed by atoms with Crippen molar-refractivity contribution in [1.29, 1.82) is 0 Å². The van der Waals surface area contributed by atoms with Crippen LogP contribution in [0, 0.1) is 0 Å². The molecule has 0 bridgehead atoms. The Morgan fingerprint density at radius 2 is 1.90 bits per heavy atom. The summed E-state index contributed by atoms with van der Waals surface area (Å²) in [5.41, 5.74) is 2.04. The van der Waals surface area contributed by atoms with Crippen molar-refractivity contribution >= 4 is 5.91 Å². The number of nitrogens with one attached hydrogen (secondary N) is 1. The van der Waals surface area contributed by atoms with Crippen LogP contribution in [0.2, 0.25) is 0 Å². The van der Waals surface area contributed by atoms with Crippen LogP contribution in [0.4, 0.5) is 0 Å². The van der Waals surface area contributed by atoms with E-state index >= 15 is 0 Å². The van der Waals surface area contributed by atoms with Crippen LogP contribution in [0.25, 0.3) is 0 Å². The van der Waals surface area contributed by atoms with E-state index in [1.807, 2.05) is 30.3 Å². The molecule has 2 aromatic rings. The lowest BCUT2D eigenvalue weighted by Crippen LogP contribution is -2.22. The standard InChI is InChI=1S/C17H19NO3/c1-21-16-11-13(7-9-15(16)19)8-10-17(20)18-12-14-5-3-2-4-6-14/h2-7,9,11,19H,8,10,12H2,1H3,(H,18,20). The Morgan fingerprint density at radius 1 is 1.14 bits per heavy atom. The number of carbonyl (C=O) groups is 1. The summed E-state index contributed by atoms with van der Waals surface area (Å²) in [4.78, 5) is 11.8. The predicted molar refractivity (Wildman–Crippen MR) is 81.3 cm³/mol. The molecular formula is C17H19NO3. The minimum Gasteiger partial charge on any atom is -0.504 e. The van der Waals surface area contributed by atoms with E-state index in [0.717, 1.165) is 11.1 Å². The molecule has 0 unspecified atom stereocenters. The Bertz CT molecular complexity index is 596. The number of rotatable bonds is 6. The van der Waals surface area contributed by atoms with Gasteiger partial charge in [-0.15, -0.1) is 0 Å². The monoisotopic (exact) mass is 285 g/mol. The summed E-state index contributed by atoms with van der Waals surface area (Å²) in [6.07, 6.45) is 1.01. The predicted octanol–water partition coefficient (Wildman–Crippen LogP) is 2.65. The average Bonchev–Trinajstić information content (AvgIpc) is 2.53. The molecule has 0 aromatic heterocycles. The number of phenols is 1. The molecule has 0 aliphatic rings. The van der Waals surface area contributed by atoms with Crippen molar-refractivity contribution in [2.24, 2.45) is 0 Å². The summed E-state index contributed by atoms with van der Waals surface area (Å²) in [5.74, 6) is 0.540. The summed E-state index contributed by atoms with van der Waals surface area (Å²) in [5, 5.41) is 12.4. The van der Waals surface area contributed by atoms with Crippen molar-refractivity contribution in [3.05, 3.63) is 59.7 Å². The summed E-state index contributed by atoms with van der Waals surface area (Å²) in [7, 11) is 1.51. The third kappa shape index (κ3) is 4.53. The lowest BCUT2D eigenvalue weighted by atomic mass is 10.1. The summed E-state index contributed by atoms with van der Waals surface area (Å²) < 4.78 is 5.05. The van der Waals surface area contributed by atoms with Crippen molar-refractivity contribution < 1.29 is 14.6 Å². The van der Waals surface area contributed by atoms with E-state index < -0.39 is 0 Å². The molecule has 0 saturated carbocycles. The van der Waals surface area contributed by atoms with Gasteiger partial charge in [-0.05, 0) is 29.7 Å². The lowest BCUT2D eigenvalue weighted by molar-refractivity contribution is -0.121. The van der Waals surface area contributed by atoms with Gasteiger partial charge in [0.15, 0.2) is 11.5 Å². The Labute approximate surface area is 124 Å². The number of ether oxygens (including phenoxy) is 1. The van der Waals surface area contributed by atoms with Gasteiger partial charge in [-0.3, -0.25) is 4.79 Å². The van der Waals surface area contributed by atoms with Crippen LogP contribution >= 0.6 is 0 Å². The van der Waals surface area contributed by atoms with Gasteiger partial charge in [0, 0.05) is 13.0 Å². The van der Waals surface area contributed by atoms with Crippen LogP contribution in [0.1, 0.15) is 17.5 Å². The second kappa shape index (κ2) is 7.33. The number of benzene rings is 2. The van der Waals surface area contributed by atoms with Crippen LogP contribution in [0.5, 0.6) is 11.5 Å². The van der Waals surface area contributed by atoms with Gasteiger partial charge in [-0.1, -0.05) is 36.4 Å². The largest absolute Gasteiger partial charge is 0.504 e. The van der Waals surface area contributed by atoms with Crippen molar-refractivity contribution in [2.75, 3.05) is 7.11 Å². The highest BCUT2D eigenvalue weighted by atomic mass is 16.5. The lowest BCUT2D eigenvalue weighted by Gasteiger charge is -2.07. The molecule has 0 radical (unpaired) electrons. The molecule has 2 N–H and O–H groups in total. The van der Waals surface area contributed by atoms with Gasteiger partial charge in [-0.25, -0.2) is 0 Å². The quantitative estimate of drug-likeness (QED) is 0.858. The molecule has 2 aromatic carbocycles. The van der Waals surface area contributed by atoms with E-state index in [4.69, 9.17) is 4.74 Å². The van der Waals surface area contributed by atoms with Gasteiger partial charge in [0.1, 0.15) is 0 Å². The Hall–Kier alpha value is -2.49. The zero-order chi connectivity index (χ0) is 15.1. The summed E-state index contributed by atoms with van der Waals surface area (Å²) in [6, 6.07) is 14.9. The topological polar surface area (TPSA) is 58.6 Å². The van der Waals surface area contributed by atoms with Crippen molar-refractivity contribution in [2.45, 2.75) is 19.4 Å². The first-order chi connectivity index (χ1) is 10.2. The molecule has 0 atom stereocenters. The smallest absolute Gasteiger partial charge is 0.220 e. The van der Waals surface area contributed by atoms with E-state index in [1.165, 1.54) is 7.11 Å². The van der Waals surface area contributed by atoms with E-state index in [1.54, 1.807) is 18.2 Å². The highest BCUT2D eigenvalue weighted by Crippen LogP contribution is 2.26. The van der Waals surface area contributed by atoms with Crippen LogP contribution in [0.3, 0.4) is 0 Å². The molecule has 0 saturated heterocycles. The highest BCUT2D eigenvalue weighted by molar-refractivity contribution is 5.76. The van der Waals surface area contributed by atoms with Gasteiger partial charge >= 0.3 is 0 Å². The third-order valence-corrected chi connectivity index (χ3v) is 3.22. The average molecular weight is 285 g/mol. The zero-order valence-corrected chi connectivity index (χ0v) is 12.0. The van der Waals surface area contributed by atoms with Crippen LogP contribution in [-0.2, 0) is 17.8 Å². The zero-order valence-electron chi connectivity index (χ0n) is 12.0. The molecule has 21 heavy (non-hydrogen) atoms. The summed E-state index contributed by atoms with van der Waals surface area (Å²) >= 11 is 0. The molecule has 4 heteroatoms. The van der Waals surface area contributed by atoms with Crippen molar-refractivity contribution in [1.82, 2.24) is 5.32 Å². The fraction of sp³-hybridized carbons (Fsp3) is 0.235. The Morgan fingerprint density at radius 3 is 2.62 bits per heavy atom. The number of carbonyl (C=O) groups excluding carboxylic acids is 1. The van der Waals surface area contributed by atoms with Gasteiger partial charge in [-0.2, -0.15) is 0 Å². The molecule has 0 heterocycles. The number of phenolic OH excluding ortho intramolecular Hbond substituents is 1. The number of hydrogen-bond acceptors (Lipinski definition) is 3. The van der Waals surface area contributed by atoms with Crippen LogP contribution < -0.4 is 10.1 Å². The maximum absolute atomic E-state index is 11.8. The molecular weight excluding hydrogens is 266 g/mol. The second-order valence-electron chi connectivity index (χ2n) is 4.77. The molecule has 0 fully saturated rings. The Balaban J connectivity index is 1.81. The van der Waals surface area contributed by atoms with Crippen LogP contribution in [-0.4, -0.2) is 18.1 Å². The molecule has 2 rings (SSSR count). The number of methoxy groups -OCH3 is 1. The number of aryl methyl sites for hydroxylation is 1. The number of aromatic hydroxyl groups is 1. The third-order valence-electron chi connectivity index (χ3n) is 3.22. The van der Waals surface area contributed by atoms with Gasteiger partial charge in [0.05, 0.1) is 7.11 Å². The molecule has 1 amide bonds. The normalized spacial score (nSPS) is 10.1.